The third-order valence-electron chi connectivity index (χ3n) is 2.72. The first-order valence-electron chi connectivity index (χ1n) is 5.71. The van der Waals surface area contributed by atoms with Crippen molar-refractivity contribution in [2.24, 2.45) is 0 Å². The Morgan fingerprint density at radius 2 is 1.83 bits per heavy atom. The predicted octanol–water partition coefficient (Wildman–Crippen LogP) is 4.24. The molecule has 2 nitrogen and oxygen atoms in total. The fraction of sp³-hybridized carbons (Fsp3) is 0.200. The molecule has 0 spiro atoms. The summed E-state index contributed by atoms with van der Waals surface area (Å²) in [5.74, 6) is 1.66. The van der Waals surface area contributed by atoms with E-state index in [1.54, 1.807) is 13.2 Å². The largest absolute Gasteiger partial charge is 0.496 e. The van der Waals surface area contributed by atoms with Gasteiger partial charge in [-0.3, -0.25) is 0 Å². The quantitative estimate of drug-likeness (QED) is 0.821. The number of benzene rings is 2. The van der Waals surface area contributed by atoms with Crippen LogP contribution in [-0.2, 0) is 6.61 Å². The second kappa shape index (κ2) is 5.78. The van der Waals surface area contributed by atoms with Gasteiger partial charge in [0.1, 0.15) is 18.1 Å². The number of para-hydroxylation sites is 1. The van der Waals surface area contributed by atoms with Crippen LogP contribution in [0.4, 0.5) is 0 Å². The van der Waals surface area contributed by atoms with Crippen LogP contribution in [0.15, 0.2) is 42.5 Å². The molecule has 0 fully saturated rings. The highest BCUT2D eigenvalue weighted by molar-refractivity contribution is 6.30. The van der Waals surface area contributed by atoms with Crippen LogP contribution in [0.5, 0.6) is 11.5 Å². The number of halogens is 1. The van der Waals surface area contributed by atoms with E-state index in [1.165, 1.54) is 0 Å². The topological polar surface area (TPSA) is 18.5 Å². The molecule has 0 N–H and O–H groups in total. The summed E-state index contributed by atoms with van der Waals surface area (Å²) in [4.78, 5) is 0. The highest BCUT2D eigenvalue weighted by Gasteiger charge is 2.05. The standard InChI is InChI=1S/C15H15ClO2/c1-11-5-3-4-6-14(11)18-10-12-9-13(16)7-8-15(12)17-2/h3-9H,10H2,1-2H3. The molecule has 0 aliphatic heterocycles. The molecule has 0 heterocycles. The zero-order valence-corrected chi connectivity index (χ0v) is 11.2. The SMILES string of the molecule is COc1ccc(Cl)cc1COc1ccccc1C. The van der Waals surface area contributed by atoms with Gasteiger partial charge >= 0.3 is 0 Å². The molecule has 18 heavy (non-hydrogen) atoms. The van der Waals surface area contributed by atoms with Crippen LogP contribution in [0.25, 0.3) is 0 Å². The van der Waals surface area contributed by atoms with Crippen molar-refractivity contribution < 1.29 is 9.47 Å². The fourth-order valence-electron chi connectivity index (χ4n) is 1.73. The lowest BCUT2D eigenvalue weighted by atomic mass is 10.2. The van der Waals surface area contributed by atoms with Gasteiger partial charge < -0.3 is 9.47 Å². The molecule has 0 aliphatic rings. The number of hydrogen-bond acceptors (Lipinski definition) is 2. The van der Waals surface area contributed by atoms with Crippen molar-refractivity contribution in [3.05, 3.63) is 58.6 Å². The van der Waals surface area contributed by atoms with Gasteiger partial charge in [0.05, 0.1) is 7.11 Å². The van der Waals surface area contributed by atoms with Gasteiger partial charge in [-0.05, 0) is 36.8 Å². The minimum atomic E-state index is 0.439. The number of methoxy groups -OCH3 is 1. The van der Waals surface area contributed by atoms with Gasteiger partial charge in [-0.2, -0.15) is 0 Å². The van der Waals surface area contributed by atoms with Crippen molar-refractivity contribution >= 4 is 11.6 Å². The van der Waals surface area contributed by atoms with E-state index in [-0.39, 0.29) is 0 Å². The van der Waals surface area contributed by atoms with E-state index >= 15 is 0 Å². The second-order valence-electron chi connectivity index (χ2n) is 4.01. The molecule has 0 radical (unpaired) electrons. The van der Waals surface area contributed by atoms with Gasteiger partial charge in [0, 0.05) is 10.6 Å². The van der Waals surface area contributed by atoms with Crippen molar-refractivity contribution in [1.82, 2.24) is 0 Å². The summed E-state index contributed by atoms with van der Waals surface area (Å²) < 4.78 is 11.1. The molecular formula is C15H15ClO2. The Bertz CT molecular complexity index is 538. The predicted molar refractivity (Wildman–Crippen MR) is 73.5 cm³/mol. The Balaban J connectivity index is 2.15. The summed E-state index contributed by atoms with van der Waals surface area (Å²) in [6.07, 6.45) is 0. The lowest BCUT2D eigenvalue weighted by Crippen LogP contribution is -1.99. The average molecular weight is 263 g/mol. The molecule has 3 heteroatoms. The highest BCUT2D eigenvalue weighted by Crippen LogP contribution is 2.25. The van der Waals surface area contributed by atoms with Crippen LogP contribution in [0.3, 0.4) is 0 Å². The fourth-order valence-corrected chi connectivity index (χ4v) is 1.93. The van der Waals surface area contributed by atoms with Crippen LogP contribution in [-0.4, -0.2) is 7.11 Å². The zero-order chi connectivity index (χ0) is 13.0. The van der Waals surface area contributed by atoms with E-state index in [0.29, 0.717) is 11.6 Å². The molecule has 0 atom stereocenters. The molecule has 2 rings (SSSR count). The Hall–Kier alpha value is -1.67. The molecule has 0 saturated carbocycles. The zero-order valence-electron chi connectivity index (χ0n) is 10.4. The first-order chi connectivity index (χ1) is 8.70. The monoisotopic (exact) mass is 262 g/mol. The Labute approximate surface area is 112 Å². The Morgan fingerprint density at radius 3 is 2.56 bits per heavy atom. The van der Waals surface area contributed by atoms with Gasteiger partial charge in [0.2, 0.25) is 0 Å². The lowest BCUT2D eigenvalue weighted by molar-refractivity contribution is 0.295. The van der Waals surface area contributed by atoms with Crippen LogP contribution < -0.4 is 9.47 Å². The van der Waals surface area contributed by atoms with Crippen LogP contribution in [0.2, 0.25) is 5.02 Å². The van der Waals surface area contributed by atoms with Gasteiger partial charge in [-0.1, -0.05) is 29.8 Å². The van der Waals surface area contributed by atoms with Crippen molar-refractivity contribution in [3.8, 4) is 11.5 Å². The molecule has 0 bridgehead atoms. The van der Waals surface area contributed by atoms with E-state index in [4.69, 9.17) is 21.1 Å². The molecule has 0 amide bonds. The molecule has 2 aromatic carbocycles. The minimum Gasteiger partial charge on any atom is -0.496 e. The summed E-state index contributed by atoms with van der Waals surface area (Å²) >= 11 is 5.98. The first-order valence-corrected chi connectivity index (χ1v) is 6.09. The molecular weight excluding hydrogens is 248 g/mol. The van der Waals surface area contributed by atoms with E-state index < -0.39 is 0 Å². The third kappa shape index (κ3) is 2.96. The van der Waals surface area contributed by atoms with Crippen LogP contribution in [0, 0.1) is 6.92 Å². The van der Waals surface area contributed by atoms with E-state index in [2.05, 4.69) is 0 Å². The summed E-state index contributed by atoms with van der Waals surface area (Å²) in [5.41, 5.74) is 2.05. The van der Waals surface area contributed by atoms with Gasteiger partial charge in [0.25, 0.3) is 0 Å². The number of rotatable bonds is 4. The van der Waals surface area contributed by atoms with Gasteiger partial charge in [-0.15, -0.1) is 0 Å². The van der Waals surface area contributed by atoms with Gasteiger partial charge in [0.15, 0.2) is 0 Å². The average Bonchev–Trinajstić information content (AvgIpc) is 2.38. The highest BCUT2D eigenvalue weighted by atomic mass is 35.5. The maximum atomic E-state index is 5.98. The molecule has 0 saturated heterocycles. The minimum absolute atomic E-state index is 0.439. The molecule has 0 unspecified atom stereocenters. The summed E-state index contributed by atoms with van der Waals surface area (Å²) in [7, 11) is 1.64. The van der Waals surface area contributed by atoms with Crippen LogP contribution >= 0.6 is 11.6 Å². The normalized spacial score (nSPS) is 10.2. The van der Waals surface area contributed by atoms with E-state index in [1.807, 2.05) is 43.3 Å². The molecule has 0 aromatic heterocycles. The molecule has 0 aliphatic carbocycles. The van der Waals surface area contributed by atoms with Crippen molar-refractivity contribution in [2.75, 3.05) is 7.11 Å². The Kier molecular flexibility index (Phi) is 4.11. The van der Waals surface area contributed by atoms with Crippen molar-refractivity contribution in [2.45, 2.75) is 13.5 Å². The molecule has 2 aromatic rings. The number of aryl methyl sites for hydroxylation is 1. The second-order valence-corrected chi connectivity index (χ2v) is 4.45. The van der Waals surface area contributed by atoms with E-state index in [0.717, 1.165) is 22.6 Å². The maximum Gasteiger partial charge on any atom is 0.125 e. The van der Waals surface area contributed by atoms with Gasteiger partial charge in [-0.25, -0.2) is 0 Å². The van der Waals surface area contributed by atoms with Crippen LogP contribution in [0.1, 0.15) is 11.1 Å². The van der Waals surface area contributed by atoms with E-state index in [9.17, 15) is 0 Å². The van der Waals surface area contributed by atoms with Crippen molar-refractivity contribution in [3.63, 3.8) is 0 Å². The summed E-state index contributed by atoms with van der Waals surface area (Å²) in [6.45, 7) is 2.46. The first kappa shape index (κ1) is 12.8. The number of hydrogen-bond donors (Lipinski definition) is 0. The number of ether oxygens (including phenoxy) is 2. The smallest absolute Gasteiger partial charge is 0.125 e. The molecule has 94 valence electrons. The Morgan fingerprint density at radius 1 is 1.06 bits per heavy atom. The summed E-state index contributed by atoms with van der Waals surface area (Å²) in [6, 6.07) is 13.4. The lowest BCUT2D eigenvalue weighted by Gasteiger charge is -2.12. The summed E-state index contributed by atoms with van der Waals surface area (Å²) in [5, 5.41) is 0.680. The third-order valence-corrected chi connectivity index (χ3v) is 2.95. The van der Waals surface area contributed by atoms with Crippen molar-refractivity contribution in [1.29, 1.82) is 0 Å². The maximum absolute atomic E-state index is 5.98.